The summed E-state index contributed by atoms with van der Waals surface area (Å²) in [5.41, 5.74) is 3.68. The van der Waals surface area contributed by atoms with Gasteiger partial charge in [-0.15, -0.1) is 0 Å². The summed E-state index contributed by atoms with van der Waals surface area (Å²) >= 11 is 0. The number of amides is 1. The smallest absolute Gasteiger partial charge is 0.256 e. The maximum Gasteiger partial charge on any atom is 0.256 e. The van der Waals surface area contributed by atoms with Gasteiger partial charge in [0, 0.05) is 30.2 Å². The van der Waals surface area contributed by atoms with Crippen LogP contribution in [0.1, 0.15) is 40.4 Å². The molecule has 128 valence electrons. The number of aryl methyl sites for hydroxylation is 1. The van der Waals surface area contributed by atoms with Gasteiger partial charge in [0.2, 0.25) is 0 Å². The number of benzene rings is 2. The highest BCUT2D eigenvalue weighted by Gasteiger charge is 2.27. The van der Waals surface area contributed by atoms with Gasteiger partial charge < -0.3 is 9.88 Å². The van der Waals surface area contributed by atoms with Crippen LogP contribution in [-0.4, -0.2) is 28.9 Å². The van der Waals surface area contributed by atoms with E-state index in [9.17, 15) is 9.18 Å². The van der Waals surface area contributed by atoms with E-state index in [1.54, 1.807) is 23.1 Å². The van der Waals surface area contributed by atoms with Gasteiger partial charge >= 0.3 is 0 Å². The largest absolute Gasteiger partial charge is 0.358 e. The Bertz CT molecular complexity index is 931. The second-order valence-electron chi connectivity index (χ2n) is 6.89. The van der Waals surface area contributed by atoms with Crippen molar-refractivity contribution in [2.75, 3.05) is 13.1 Å². The number of fused-ring (bicyclic) bond motifs is 1. The standard InChI is InChI=1S/C21H21FN2O/c1-14-8-9-19-16(11-14)12-20(23-19)15-5-4-10-24(13-15)21(25)17-6-2-3-7-18(17)22/h2-3,6-9,11-12,15,23H,4-5,10,13H2,1H3. The van der Waals surface area contributed by atoms with Crippen LogP contribution < -0.4 is 0 Å². The molecule has 0 spiro atoms. The van der Waals surface area contributed by atoms with Crippen LogP contribution in [0.25, 0.3) is 10.9 Å². The van der Waals surface area contributed by atoms with E-state index in [1.807, 2.05) is 0 Å². The van der Waals surface area contributed by atoms with Gasteiger partial charge in [-0.25, -0.2) is 4.39 Å². The molecular weight excluding hydrogens is 315 g/mol. The number of hydrogen-bond donors (Lipinski definition) is 1. The zero-order valence-corrected chi connectivity index (χ0v) is 14.3. The van der Waals surface area contributed by atoms with Crippen molar-refractivity contribution >= 4 is 16.8 Å². The minimum absolute atomic E-state index is 0.162. The van der Waals surface area contributed by atoms with E-state index in [1.165, 1.54) is 17.0 Å². The van der Waals surface area contributed by atoms with Crippen LogP contribution in [0, 0.1) is 12.7 Å². The molecule has 2 heterocycles. The number of nitrogens with one attached hydrogen (secondary N) is 1. The minimum Gasteiger partial charge on any atom is -0.358 e. The average Bonchev–Trinajstić information content (AvgIpc) is 3.05. The Balaban J connectivity index is 1.58. The summed E-state index contributed by atoms with van der Waals surface area (Å²) in [6, 6.07) is 14.8. The fraction of sp³-hybridized carbons (Fsp3) is 0.286. The first-order valence-corrected chi connectivity index (χ1v) is 8.75. The topological polar surface area (TPSA) is 36.1 Å². The maximum atomic E-state index is 13.9. The number of H-pyrrole nitrogens is 1. The lowest BCUT2D eigenvalue weighted by Crippen LogP contribution is -2.39. The zero-order chi connectivity index (χ0) is 17.4. The van der Waals surface area contributed by atoms with Gasteiger partial charge in [0.25, 0.3) is 5.91 Å². The van der Waals surface area contributed by atoms with Crippen molar-refractivity contribution in [3.8, 4) is 0 Å². The second kappa shape index (κ2) is 6.36. The van der Waals surface area contributed by atoms with Crippen molar-refractivity contribution in [2.45, 2.75) is 25.7 Å². The Morgan fingerprint density at radius 1 is 1.20 bits per heavy atom. The first kappa shape index (κ1) is 15.9. The third kappa shape index (κ3) is 3.04. The van der Waals surface area contributed by atoms with Crippen LogP contribution in [-0.2, 0) is 0 Å². The lowest BCUT2D eigenvalue weighted by atomic mass is 9.94. The van der Waals surface area contributed by atoms with Crippen LogP contribution in [0.5, 0.6) is 0 Å². The molecule has 0 bridgehead atoms. The highest BCUT2D eigenvalue weighted by atomic mass is 19.1. The summed E-state index contributed by atoms with van der Waals surface area (Å²) in [6.07, 6.45) is 1.96. The lowest BCUT2D eigenvalue weighted by Gasteiger charge is -2.32. The van der Waals surface area contributed by atoms with Gasteiger partial charge in [-0.1, -0.05) is 23.8 Å². The third-order valence-electron chi connectivity index (χ3n) is 5.05. The van der Waals surface area contributed by atoms with Crippen LogP contribution in [0.4, 0.5) is 4.39 Å². The summed E-state index contributed by atoms with van der Waals surface area (Å²) in [6.45, 7) is 3.39. The molecular formula is C21H21FN2O. The Kier molecular flexibility index (Phi) is 4.04. The van der Waals surface area contributed by atoms with Gasteiger partial charge in [-0.2, -0.15) is 0 Å². The van der Waals surface area contributed by atoms with Crippen LogP contribution in [0.3, 0.4) is 0 Å². The van der Waals surface area contributed by atoms with Crippen LogP contribution in [0.2, 0.25) is 0 Å². The summed E-state index contributed by atoms with van der Waals surface area (Å²) in [5.74, 6) is -0.400. The monoisotopic (exact) mass is 336 g/mol. The van der Waals surface area contributed by atoms with E-state index in [0.29, 0.717) is 13.1 Å². The molecule has 1 amide bonds. The van der Waals surface area contributed by atoms with Gasteiger partial charge in [-0.3, -0.25) is 4.79 Å². The van der Waals surface area contributed by atoms with Gasteiger partial charge in [0.15, 0.2) is 0 Å². The molecule has 3 nitrogen and oxygen atoms in total. The highest BCUT2D eigenvalue weighted by Crippen LogP contribution is 2.30. The molecule has 0 aliphatic carbocycles. The molecule has 1 saturated heterocycles. The average molecular weight is 336 g/mol. The minimum atomic E-state index is -0.448. The Labute approximate surface area is 146 Å². The van der Waals surface area contributed by atoms with Crippen LogP contribution >= 0.6 is 0 Å². The van der Waals surface area contributed by atoms with Crippen LogP contribution in [0.15, 0.2) is 48.5 Å². The molecule has 1 N–H and O–H groups in total. The first-order chi connectivity index (χ1) is 12.1. The molecule has 1 fully saturated rings. The Morgan fingerprint density at radius 3 is 2.88 bits per heavy atom. The van der Waals surface area contributed by atoms with Crippen molar-refractivity contribution in [3.05, 3.63) is 71.2 Å². The van der Waals surface area contributed by atoms with Crippen molar-refractivity contribution in [1.29, 1.82) is 0 Å². The maximum absolute atomic E-state index is 13.9. The molecule has 1 atom stereocenters. The quantitative estimate of drug-likeness (QED) is 0.727. The van der Waals surface area contributed by atoms with E-state index in [2.05, 4.69) is 36.2 Å². The fourth-order valence-electron chi connectivity index (χ4n) is 3.71. The number of carbonyl (C=O) groups is 1. The van der Waals surface area contributed by atoms with Crippen molar-refractivity contribution < 1.29 is 9.18 Å². The summed E-state index contributed by atoms with van der Waals surface area (Å²) in [4.78, 5) is 18.0. The molecule has 4 rings (SSSR count). The van der Waals surface area contributed by atoms with E-state index in [-0.39, 0.29) is 17.4 Å². The normalized spacial score (nSPS) is 17.8. The SMILES string of the molecule is Cc1ccc2[nH]c(C3CCCN(C(=O)c4ccccc4F)C3)cc2c1. The number of halogens is 1. The zero-order valence-electron chi connectivity index (χ0n) is 14.3. The number of nitrogens with zero attached hydrogens (tertiary/aromatic N) is 1. The molecule has 1 aliphatic heterocycles. The number of likely N-dealkylation sites (tertiary alicyclic amines) is 1. The van der Waals surface area contributed by atoms with E-state index < -0.39 is 5.82 Å². The molecule has 1 aromatic heterocycles. The predicted octanol–water partition coefficient (Wildman–Crippen LogP) is 4.64. The number of rotatable bonds is 2. The van der Waals surface area contributed by atoms with E-state index in [0.717, 1.165) is 24.1 Å². The third-order valence-corrected chi connectivity index (χ3v) is 5.05. The summed E-state index contributed by atoms with van der Waals surface area (Å²) in [5, 5.41) is 1.20. The van der Waals surface area contributed by atoms with Crippen molar-refractivity contribution in [3.63, 3.8) is 0 Å². The summed E-state index contributed by atoms with van der Waals surface area (Å²) < 4.78 is 13.9. The fourth-order valence-corrected chi connectivity index (χ4v) is 3.71. The lowest BCUT2D eigenvalue weighted by molar-refractivity contribution is 0.0701. The number of hydrogen-bond acceptors (Lipinski definition) is 1. The number of aromatic amines is 1. The molecule has 0 radical (unpaired) electrons. The van der Waals surface area contributed by atoms with Gasteiger partial charge in [0.1, 0.15) is 5.82 Å². The molecule has 2 aromatic carbocycles. The molecule has 1 unspecified atom stereocenters. The Morgan fingerprint density at radius 2 is 2.04 bits per heavy atom. The van der Waals surface area contributed by atoms with Gasteiger partial charge in [-0.05, 0) is 55.5 Å². The summed E-state index contributed by atoms with van der Waals surface area (Å²) in [7, 11) is 0. The molecule has 25 heavy (non-hydrogen) atoms. The second-order valence-corrected chi connectivity index (χ2v) is 6.89. The van der Waals surface area contributed by atoms with Crippen molar-refractivity contribution in [2.24, 2.45) is 0 Å². The first-order valence-electron chi connectivity index (χ1n) is 8.75. The molecule has 4 heteroatoms. The van der Waals surface area contributed by atoms with E-state index >= 15 is 0 Å². The van der Waals surface area contributed by atoms with E-state index in [4.69, 9.17) is 0 Å². The predicted molar refractivity (Wildman–Crippen MR) is 97.3 cm³/mol. The van der Waals surface area contributed by atoms with Gasteiger partial charge in [0.05, 0.1) is 5.56 Å². The molecule has 1 aliphatic rings. The number of aromatic nitrogens is 1. The number of carbonyl (C=O) groups excluding carboxylic acids is 1. The highest BCUT2D eigenvalue weighted by molar-refractivity contribution is 5.94. The Hall–Kier alpha value is -2.62. The van der Waals surface area contributed by atoms with Crippen molar-refractivity contribution in [1.82, 2.24) is 9.88 Å². The molecule has 3 aromatic rings. The number of piperidine rings is 1. The molecule has 0 saturated carbocycles.